The van der Waals surface area contributed by atoms with Crippen LogP contribution in [0.3, 0.4) is 0 Å². The molecule has 4 rings (SSSR count). The Morgan fingerprint density at radius 1 is 1.09 bits per heavy atom. The van der Waals surface area contributed by atoms with Gasteiger partial charge < -0.3 is 9.72 Å². The molecule has 0 saturated carbocycles. The maximum atomic E-state index is 12.3. The molecule has 2 aliphatic rings. The quantitative estimate of drug-likeness (QED) is 0.918. The molecule has 0 unspecified atom stereocenters. The number of pyridine rings is 1. The van der Waals surface area contributed by atoms with E-state index < -0.39 is 0 Å². The molecule has 0 spiro atoms. The maximum absolute atomic E-state index is 12.3. The molecule has 124 valence electrons. The van der Waals surface area contributed by atoms with Gasteiger partial charge in [-0.1, -0.05) is 12.1 Å². The lowest BCUT2D eigenvalue weighted by atomic mass is 9.89. The van der Waals surface area contributed by atoms with Gasteiger partial charge in [0, 0.05) is 36.1 Å². The highest BCUT2D eigenvalue weighted by atomic mass is 35.5. The molecule has 1 aliphatic carbocycles. The smallest absolute Gasteiger partial charge is 0.251 e. The first-order valence-corrected chi connectivity index (χ1v) is 8.28. The van der Waals surface area contributed by atoms with Crippen molar-refractivity contribution in [1.82, 2.24) is 9.88 Å². The van der Waals surface area contributed by atoms with Crippen molar-refractivity contribution >= 4 is 23.3 Å². The summed E-state index contributed by atoms with van der Waals surface area (Å²) in [7, 11) is 0. The molecule has 2 aromatic rings. The zero-order chi connectivity index (χ0) is 14.9. The minimum Gasteiger partial charge on any atom is -0.379 e. The van der Waals surface area contributed by atoms with Gasteiger partial charge in [0.25, 0.3) is 5.56 Å². The average Bonchev–Trinajstić information content (AvgIpc) is 2.56. The van der Waals surface area contributed by atoms with Crippen LogP contribution in [-0.2, 0) is 24.1 Å². The van der Waals surface area contributed by atoms with Gasteiger partial charge in [0.1, 0.15) is 0 Å². The number of halogens is 1. The molecular weight excluding hydrogens is 312 g/mol. The van der Waals surface area contributed by atoms with Crippen LogP contribution < -0.4 is 5.56 Å². The third kappa shape index (κ3) is 3.30. The van der Waals surface area contributed by atoms with Crippen molar-refractivity contribution in [3.63, 3.8) is 0 Å². The summed E-state index contributed by atoms with van der Waals surface area (Å²) in [4.78, 5) is 17.8. The topological polar surface area (TPSA) is 45.3 Å². The fraction of sp³-hybridized carbons (Fsp3) is 0.500. The van der Waals surface area contributed by atoms with Gasteiger partial charge >= 0.3 is 0 Å². The fourth-order valence-corrected chi connectivity index (χ4v) is 3.72. The van der Waals surface area contributed by atoms with Gasteiger partial charge in [-0.2, -0.15) is 0 Å². The average molecular weight is 335 g/mol. The Morgan fingerprint density at radius 3 is 2.61 bits per heavy atom. The molecule has 0 bridgehead atoms. The van der Waals surface area contributed by atoms with E-state index in [9.17, 15) is 4.79 Å². The van der Waals surface area contributed by atoms with E-state index in [-0.39, 0.29) is 18.0 Å². The molecule has 0 atom stereocenters. The van der Waals surface area contributed by atoms with Crippen molar-refractivity contribution in [3.8, 4) is 0 Å². The van der Waals surface area contributed by atoms with Crippen molar-refractivity contribution in [2.24, 2.45) is 0 Å². The summed E-state index contributed by atoms with van der Waals surface area (Å²) in [5.74, 6) is 0. The standard InChI is InChI=1S/C18H22N2O2.ClH/c21-18-16-4-2-1-3-14(16)15-6-5-13(11-17(15)19-18)12-20-7-9-22-10-8-20;/h5-6,11H,1-4,7-10,12H2,(H,19,21);1H. The Hall–Kier alpha value is -1.36. The third-order valence-corrected chi connectivity index (χ3v) is 4.91. The first-order valence-electron chi connectivity index (χ1n) is 8.28. The maximum Gasteiger partial charge on any atom is 0.251 e. The van der Waals surface area contributed by atoms with E-state index in [0.29, 0.717) is 0 Å². The number of aryl methyl sites for hydroxylation is 1. The first kappa shape index (κ1) is 16.5. The number of aromatic amines is 1. The number of nitrogens with one attached hydrogen (secondary N) is 1. The second-order valence-corrected chi connectivity index (χ2v) is 6.39. The monoisotopic (exact) mass is 334 g/mol. The third-order valence-electron chi connectivity index (χ3n) is 4.91. The molecule has 1 saturated heterocycles. The molecular formula is C18H23ClN2O2. The van der Waals surface area contributed by atoms with E-state index in [1.165, 1.54) is 22.9 Å². The van der Waals surface area contributed by atoms with Crippen molar-refractivity contribution in [2.45, 2.75) is 32.2 Å². The van der Waals surface area contributed by atoms with E-state index in [1.54, 1.807) is 0 Å². The number of fused-ring (bicyclic) bond motifs is 3. The van der Waals surface area contributed by atoms with Crippen LogP contribution in [-0.4, -0.2) is 36.2 Å². The summed E-state index contributed by atoms with van der Waals surface area (Å²) < 4.78 is 5.40. The minimum absolute atomic E-state index is 0. The zero-order valence-corrected chi connectivity index (χ0v) is 14.1. The molecule has 0 radical (unpaired) electrons. The Morgan fingerprint density at radius 2 is 1.83 bits per heavy atom. The Kier molecular flexibility index (Phi) is 5.05. The van der Waals surface area contributed by atoms with Crippen molar-refractivity contribution in [2.75, 3.05) is 26.3 Å². The molecule has 1 N–H and O–H groups in total. The SMILES string of the molecule is Cl.O=c1[nH]c2cc(CN3CCOCC3)ccc2c2c1CCCC2. The number of hydrogen-bond acceptors (Lipinski definition) is 3. The van der Waals surface area contributed by atoms with Crippen LogP contribution in [0.4, 0.5) is 0 Å². The van der Waals surface area contributed by atoms with Crippen LogP contribution in [0.2, 0.25) is 0 Å². The zero-order valence-electron chi connectivity index (χ0n) is 13.3. The summed E-state index contributed by atoms with van der Waals surface area (Å²) in [5.41, 5.74) is 4.67. The molecule has 4 nitrogen and oxygen atoms in total. The first-order chi connectivity index (χ1) is 10.8. The predicted molar refractivity (Wildman–Crippen MR) is 94.6 cm³/mol. The van der Waals surface area contributed by atoms with Crippen molar-refractivity contribution in [3.05, 3.63) is 45.2 Å². The lowest BCUT2D eigenvalue weighted by Gasteiger charge is -2.26. The van der Waals surface area contributed by atoms with Crippen LogP contribution in [0.15, 0.2) is 23.0 Å². The molecule has 1 aliphatic heterocycles. The molecule has 5 heteroatoms. The summed E-state index contributed by atoms with van der Waals surface area (Å²) in [6.45, 7) is 4.53. The summed E-state index contributed by atoms with van der Waals surface area (Å²) in [6.07, 6.45) is 4.30. The van der Waals surface area contributed by atoms with Crippen molar-refractivity contribution in [1.29, 1.82) is 0 Å². The Balaban J connectivity index is 0.00000156. The van der Waals surface area contributed by atoms with E-state index >= 15 is 0 Å². The van der Waals surface area contributed by atoms with E-state index in [1.807, 2.05) is 0 Å². The van der Waals surface area contributed by atoms with Gasteiger partial charge in [-0.25, -0.2) is 0 Å². The van der Waals surface area contributed by atoms with Gasteiger partial charge in [0.2, 0.25) is 0 Å². The molecule has 0 amide bonds. The number of rotatable bonds is 2. The van der Waals surface area contributed by atoms with Crippen molar-refractivity contribution < 1.29 is 4.74 Å². The van der Waals surface area contributed by atoms with Gasteiger partial charge in [-0.15, -0.1) is 12.4 Å². The van der Waals surface area contributed by atoms with E-state index in [4.69, 9.17) is 4.74 Å². The van der Waals surface area contributed by atoms with Crippen LogP contribution in [0.5, 0.6) is 0 Å². The Bertz CT molecular complexity index is 751. The number of ether oxygens (including phenoxy) is 1. The molecule has 2 heterocycles. The largest absolute Gasteiger partial charge is 0.379 e. The van der Waals surface area contributed by atoms with E-state index in [0.717, 1.165) is 63.2 Å². The van der Waals surface area contributed by atoms with Gasteiger partial charge in [-0.3, -0.25) is 9.69 Å². The molecule has 23 heavy (non-hydrogen) atoms. The van der Waals surface area contributed by atoms with Crippen LogP contribution in [0, 0.1) is 0 Å². The second kappa shape index (κ2) is 7.04. The number of aromatic nitrogens is 1. The number of nitrogens with zero attached hydrogens (tertiary/aromatic N) is 1. The highest BCUT2D eigenvalue weighted by Crippen LogP contribution is 2.26. The molecule has 1 fully saturated rings. The predicted octanol–water partition coefficient (Wildman–Crippen LogP) is 2.66. The number of hydrogen-bond donors (Lipinski definition) is 1. The highest BCUT2D eigenvalue weighted by Gasteiger charge is 2.17. The Labute approximate surface area is 142 Å². The normalized spacial score (nSPS) is 18.4. The molecule has 1 aromatic heterocycles. The summed E-state index contributed by atoms with van der Waals surface area (Å²) >= 11 is 0. The van der Waals surface area contributed by atoms with Crippen LogP contribution >= 0.6 is 12.4 Å². The molecule has 1 aromatic carbocycles. The second-order valence-electron chi connectivity index (χ2n) is 6.39. The number of H-pyrrole nitrogens is 1. The summed E-state index contributed by atoms with van der Waals surface area (Å²) in [6, 6.07) is 6.57. The highest BCUT2D eigenvalue weighted by molar-refractivity contribution is 5.85. The number of morpholine rings is 1. The lowest BCUT2D eigenvalue weighted by Crippen LogP contribution is -2.35. The van der Waals surface area contributed by atoms with Gasteiger partial charge in [0.15, 0.2) is 0 Å². The van der Waals surface area contributed by atoms with Crippen LogP contribution in [0.25, 0.3) is 10.9 Å². The minimum atomic E-state index is 0. The number of benzene rings is 1. The van der Waals surface area contributed by atoms with Gasteiger partial charge in [0.05, 0.1) is 13.2 Å². The summed E-state index contributed by atoms with van der Waals surface area (Å²) in [5, 5.41) is 1.24. The van der Waals surface area contributed by atoms with Gasteiger partial charge in [-0.05, 0) is 42.9 Å². The van der Waals surface area contributed by atoms with E-state index in [2.05, 4.69) is 28.1 Å². The fourth-order valence-electron chi connectivity index (χ4n) is 3.72. The van der Waals surface area contributed by atoms with Crippen LogP contribution in [0.1, 0.15) is 29.5 Å². The lowest BCUT2D eigenvalue weighted by molar-refractivity contribution is 0.0342.